The predicted molar refractivity (Wildman–Crippen MR) is 98.1 cm³/mol. The van der Waals surface area contributed by atoms with Gasteiger partial charge in [-0.2, -0.15) is 5.10 Å². The van der Waals surface area contributed by atoms with Crippen LogP contribution in [0.2, 0.25) is 0 Å². The lowest BCUT2D eigenvalue weighted by Gasteiger charge is -2.16. The lowest BCUT2D eigenvalue weighted by atomic mass is 10.0. The van der Waals surface area contributed by atoms with Crippen molar-refractivity contribution in [3.05, 3.63) is 70.6 Å². The van der Waals surface area contributed by atoms with Crippen LogP contribution in [0.4, 0.5) is 9.18 Å². The van der Waals surface area contributed by atoms with Crippen molar-refractivity contribution in [3.8, 4) is 0 Å². The van der Waals surface area contributed by atoms with Gasteiger partial charge >= 0.3 is 6.09 Å². The van der Waals surface area contributed by atoms with Crippen LogP contribution in [-0.2, 0) is 16.0 Å². The molecule has 2 aliphatic heterocycles. The van der Waals surface area contributed by atoms with Gasteiger partial charge in [-0.1, -0.05) is 6.07 Å². The number of benzene rings is 1. The van der Waals surface area contributed by atoms with Gasteiger partial charge in [-0.05, 0) is 42.2 Å². The van der Waals surface area contributed by atoms with Crippen molar-refractivity contribution < 1.29 is 18.7 Å². The number of ether oxygens (including phenoxy) is 2. The first kappa shape index (κ1) is 17.3. The van der Waals surface area contributed by atoms with Gasteiger partial charge in [0.25, 0.3) is 0 Å². The zero-order chi connectivity index (χ0) is 18.8. The molecule has 27 heavy (non-hydrogen) atoms. The first-order valence-electron chi connectivity index (χ1n) is 8.86. The first-order valence-corrected chi connectivity index (χ1v) is 8.86. The third-order valence-corrected chi connectivity index (χ3v) is 4.91. The molecule has 0 fully saturated rings. The lowest BCUT2D eigenvalue weighted by Crippen LogP contribution is -2.23. The van der Waals surface area contributed by atoms with Crippen LogP contribution in [0.25, 0.3) is 0 Å². The Bertz CT molecular complexity index is 902. The molecule has 4 rings (SSSR count). The van der Waals surface area contributed by atoms with Crippen LogP contribution in [-0.4, -0.2) is 30.5 Å². The van der Waals surface area contributed by atoms with Crippen LogP contribution in [0.3, 0.4) is 0 Å². The number of rotatable bonds is 4. The van der Waals surface area contributed by atoms with Crippen molar-refractivity contribution in [3.63, 3.8) is 0 Å². The highest BCUT2D eigenvalue weighted by molar-refractivity contribution is 6.01. The molecule has 1 amide bonds. The summed E-state index contributed by atoms with van der Waals surface area (Å²) >= 11 is 0. The van der Waals surface area contributed by atoms with Crippen molar-refractivity contribution in [2.45, 2.75) is 25.8 Å². The highest BCUT2D eigenvalue weighted by Crippen LogP contribution is 2.37. The molecule has 1 aromatic rings. The van der Waals surface area contributed by atoms with Crippen LogP contribution in [0.5, 0.6) is 0 Å². The number of carbonyl (C=O) groups excluding carboxylic acids is 1. The standard InChI is InChI=1S/C20H20FN3O3/c1-26-20(25)22-11-15-10-13(2-4-17(15)21)18-6-8-24(23-18)19-5-3-14-12-27-9-7-16(14)19/h2,4,7,9-10,12H,3,5-6,8,11H2,1H3,(H,22,25). The number of nitrogens with zero attached hydrogens (tertiary/aromatic N) is 2. The summed E-state index contributed by atoms with van der Waals surface area (Å²) < 4.78 is 23.8. The fourth-order valence-corrected chi connectivity index (χ4v) is 3.51. The molecule has 1 aliphatic carbocycles. The van der Waals surface area contributed by atoms with E-state index in [0.29, 0.717) is 5.56 Å². The molecule has 140 valence electrons. The van der Waals surface area contributed by atoms with E-state index in [4.69, 9.17) is 9.84 Å². The molecule has 1 N–H and O–H groups in total. The molecule has 7 heteroatoms. The van der Waals surface area contributed by atoms with Gasteiger partial charge in [-0.15, -0.1) is 0 Å². The van der Waals surface area contributed by atoms with Crippen molar-refractivity contribution in [2.75, 3.05) is 13.7 Å². The average molecular weight is 369 g/mol. The summed E-state index contributed by atoms with van der Waals surface area (Å²) in [7, 11) is 1.27. The second-order valence-corrected chi connectivity index (χ2v) is 6.51. The number of allylic oxidation sites excluding steroid dienone is 4. The van der Waals surface area contributed by atoms with Gasteiger partial charge in [-0.25, -0.2) is 9.18 Å². The molecule has 2 heterocycles. The van der Waals surface area contributed by atoms with E-state index in [9.17, 15) is 9.18 Å². The predicted octanol–water partition coefficient (Wildman–Crippen LogP) is 3.57. The zero-order valence-corrected chi connectivity index (χ0v) is 15.0. The van der Waals surface area contributed by atoms with Gasteiger partial charge in [0.05, 0.1) is 25.3 Å². The normalized spacial score (nSPS) is 18.1. The summed E-state index contributed by atoms with van der Waals surface area (Å²) in [6.45, 7) is 0.862. The largest absolute Gasteiger partial charge is 0.472 e. The molecule has 0 saturated heterocycles. The summed E-state index contributed by atoms with van der Waals surface area (Å²) in [5.74, 6) is -0.367. The molecule has 0 unspecified atom stereocenters. The maximum absolute atomic E-state index is 14.0. The Morgan fingerprint density at radius 1 is 1.37 bits per heavy atom. The van der Waals surface area contributed by atoms with Crippen LogP contribution >= 0.6 is 0 Å². The number of hydrazone groups is 1. The SMILES string of the molecule is COC(=O)NCc1cc(C2=NN(C3=C4C=COC=C4CC3)CC2)ccc1F. The monoisotopic (exact) mass is 369 g/mol. The number of nitrogens with one attached hydrogen (secondary N) is 1. The fourth-order valence-electron chi connectivity index (χ4n) is 3.51. The molecule has 0 saturated carbocycles. The van der Waals surface area contributed by atoms with Gasteiger partial charge in [0.1, 0.15) is 5.82 Å². The lowest BCUT2D eigenvalue weighted by molar-refractivity contribution is 0.170. The van der Waals surface area contributed by atoms with E-state index in [1.807, 2.05) is 11.1 Å². The van der Waals surface area contributed by atoms with E-state index in [1.165, 1.54) is 30.0 Å². The van der Waals surface area contributed by atoms with Gasteiger partial charge in [-0.3, -0.25) is 5.01 Å². The summed E-state index contributed by atoms with van der Waals surface area (Å²) in [6.07, 6.45) is 7.55. The van der Waals surface area contributed by atoms with E-state index in [-0.39, 0.29) is 12.4 Å². The van der Waals surface area contributed by atoms with Crippen molar-refractivity contribution >= 4 is 11.8 Å². The van der Waals surface area contributed by atoms with E-state index in [2.05, 4.69) is 10.1 Å². The minimum absolute atomic E-state index is 0.0671. The Labute approximate surface area is 156 Å². The molecule has 0 radical (unpaired) electrons. The average Bonchev–Trinajstić information content (AvgIpc) is 3.34. The summed E-state index contributed by atoms with van der Waals surface area (Å²) in [5, 5.41) is 9.32. The van der Waals surface area contributed by atoms with Gasteiger partial charge in [0, 0.05) is 36.3 Å². The topological polar surface area (TPSA) is 63.2 Å². The molecule has 0 aromatic heterocycles. The zero-order valence-electron chi connectivity index (χ0n) is 15.0. The van der Waals surface area contributed by atoms with Crippen LogP contribution < -0.4 is 5.32 Å². The highest BCUT2D eigenvalue weighted by atomic mass is 19.1. The Balaban J connectivity index is 1.55. The first-order chi connectivity index (χ1) is 13.2. The Hall–Kier alpha value is -3.09. The number of hydrogen-bond donors (Lipinski definition) is 1. The van der Waals surface area contributed by atoms with Crippen LogP contribution in [0.15, 0.2) is 58.7 Å². The molecule has 0 bridgehead atoms. The molecule has 0 atom stereocenters. The summed E-state index contributed by atoms with van der Waals surface area (Å²) in [6, 6.07) is 4.87. The van der Waals surface area contributed by atoms with Crippen molar-refractivity contribution in [1.29, 1.82) is 0 Å². The number of halogens is 1. The van der Waals surface area contributed by atoms with E-state index in [1.54, 1.807) is 24.7 Å². The molecule has 1 aromatic carbocycles. The van der Waals surface area contributed by atoms with Gasteiger partial charge < -0.3 is 14.8 Å². The second-order valence-electron chi connectivity index (χ2n) is 6.51. The fraction of sp³-hybridized carbons (Fsp3) is 0.300. The highest BCUT2D eigenvalue weighted by Gasteiger charge is 2.27. The number of hydrogen-bond acceptors (Lipinski definition) is 5. The number of carbonyl (C=O) groups is 1. The van der Waals surface area contributed by atoms with E-state index in [0.717, 1.165) is 37.1 Å². The third kappa shape index (κ3) is 3.45. The maximum Gasteiger partial charge on any atom is 0.407 e. The molecular weight excluding hydrogens is 349 g/mol. The van der Waals surface area contributed by atoms with E-state index >= 15 is 0 Å². The minimum atomic E-state index is -0.591. The Kier molecular flexibility index (Phi) is 4.66. The van der Waals surface area contributed by atoms with Crippen LogP contribution in [0, 0.1) is 5.82 Å². The van der Waals surface area contributed by atoms with Gasteiger partial charge in [0.2, 0.25) is 0 Å². The summed E-state index contributed by atoms with van der Waals surface area (Å²) in [4.78, 5) is 11.2. The quantitative estimate of drug-likeness (QED) is 0.881. The number of fused-ring (bicyclic) bond motifs is 1. The van der Waals surface area contributed by atoms with Crippen molar-refractivity contribution in [2.24, 2.45) is 5.10 Å². The Morgan fingerprint density at radius 2 is 2.26 bits per heavy atom. The van der Waals surface area contributed by atoms with Gasteiger partial charge in [0.15, 0.2) is 0 Å². The maximum atomic E-state index is 14.0. The van der Waals surface area contributed by atoms with E-state index < -0.39 is 6.09 Å². The number of amides is 1. The third-order valence-electron chi connectivity index (χ3n) is 4.91. The van der Waals surface area contributed by atoms with Crippen molar-refractivity contribution in [1.82, 2.24) is 10.3 Å². The number of alkyl carbamates (subject to hydrolysis) is 1. The minimum Gasteiger partial charge on any atom is -0.472 e. The molecular formula is C20H20FN3O3. The Morgan fingerprint density at radius 3 is 3.11 bits per heavy atom. The second kappa shape index (κ2) is 7.26. The molecule has 3 aliphatic rings. The van der Waals surface area contributed by atoms with Crippen LogP contribution in [0.1, 0.15) is 30.4 Å². The molecule has 0 spiro atoms. The number of methoxy groups -OCH3 is 1. The molecule has 6 nitrogen and oxygen atoms in total. The summed E-state index contributed by atoms with van der Waals surface area (Å²) in [5.41, 5.74) is 5.77. The smallest absolute Gasteiger partial charge is 0.407 e.